The van der Waals surface area contributed by atoms with Gasteiger partial charge < -0.3 is 20.1 Å². The van der Waals surface area contributed by atoms with E-state index in [1.165, 1.54) is 17.2 Å². The van der Waals surface area contributed by atoms with Crippen LogP contribution in [0.25, 0.3) is 33.5 Å². The van der Waals surface area contributed by atoms with Gasteiger partial charge in [-0.2, -0.15) is 10.2 Å². The van der Waals surface area contributed by atoms with Gasteiger partial charge in [0.2, 0.25) is 0 Å². The van der Waals surface area contributed by atoms with Crippen molar-refractivity contribution in [1.82, 2.24) is 40.6 Å². The van der Waals surface area contributed by atoms with Crippen LogP contribution in [0.15, 0.2) is 55.0 Å². The molecule has 12 nitrogen and oxygen atoms in total. The molecule has 0 unspecified atom stereocenters. The average Bonchev–Trinajstić information content (AvgIpc) is 3.78. The highest BCUT2D eigenvalue weighted by atomic mass is 19.1. The third-order valence-electron chi connectivity index (χ3n) is 7.09. The molecular formula is C28H26FN9O3. The molecule has 41 heavy (non-hydrogen) atoms. The van der Waals surface area contributed by atoms with E-state index in [-0.39, 0.29) is 39.5 Å². The Morgan fingerprint density at radius 1 is 1.05 bits per heavy atom. The van der Waals surface area contributed by atoms with Crippen LogP contribution in [0.3, 0.4) is 0 Å². The summed E-state index contributed by atoms with van der Waals surface area (Å²) < 4.78 is 15.0. The monoisotopic (exact) mass is 555 g/mol. The molecule has 208 valence electrons. The van der Waals surface area contributed by atoms with Gasteiger partial charge >= 0.3 is 0 Å². The van der Waals surface area contributed by atoms with E-state index in [2.05, 4.69) is 40.6 Å². The van der Waals surface area contributed by atoms with Crippen molar-refractivity contribution < 1.29 is 18.8 Å². The number of ketones is 1. The summed E-state index contributed by atoms with van der Waals surface area (Å²) in [5.41, 5.74) is 3.65. The number of aromatic nitrogens is 6. The van der Waals surface area contributed by atoms with E-state index in [9.17, 15) is 18.8 Å². The molecule has 0 spiro atoms. The standard InChI is InChI=1S/C28H26FN9O3/c1-2-30-27(40)20-12-19(34-35-20)24-25-22(18(29)14-32-24)17(13-31-25)26(39)28(41)38-10-8-37(9-11-38)21-15-33-36-23(21)16-6-4-3-5-7-16/h3-7,12-15,31H,2,8-11H2,1H3,(H,30,40)(H,33,36)(H,34,35). The van der Waals surface area contributed by atoms with Gasteiger partial charge in [0, 0.05) is 44.5 Å². The molecule has 0 saturated carbocycles. The second-order valence-corrected chi connectivity index (χ2v) is 9.54. The van der Waals surface area contributed by atoms with Crippen LogP contribution >= 0.6 is 0 Å². The number of hydrogen-bond acceptors (Lipinski definition) is 7. The predicted molar refractivity (Wildman–Crippen MR) is 149 cm³/mol. The Balaban J connectivity index is 1.20. The molecule has 1 aliphatic heterocycles. The molecular weight excluding hydrogens is 529 g/mol. The van der Waals surface area contributed by atoms with Crippen LogP contribution in [-0.4, -0.2) is 85.6 Å². The molecule has 0 aliphatic carbocycles. The van der Waals surface area contributed by atoms with E-state index < -0.39 is 17.5 Å². The summed E-state index contributed by atoms with van der Waals surface area (Å²) in [5.74, 6) is -2.63. The highest BCUT2D eigenvalue weighted by Gasteiger charge is 2.31. The lowest BCUT2D eigenvalue weighted by Gasteiger charge is -2.35. The fourth-order valence-corrected chi connectivity index (χ4v) is 5.04. The van der Waals surface area contributed by atoms with Crippen molar-refractivity contribution in [3.8, 4) is 22.6 Å². The van der Waals surface area contributed by atoms with Gasteiger partial charge in [0.25, 0.3) is 17.6 Å². The van der Waals surface area contributed by atoms with Gasteiger partial charge in [-0.3, -0.25) is 24.6 Å². The maximum absolute atomic E-state index is 15.0. The zero-order valence-corrected chi connectivity index (χ0v) is 22.1. The molecule has 1 aliphatic rings. The second-order valence-electron chi connectivity index (χ2n) is 9.54. The highest BCUT2D eigenvalue weighted by molar-refractivity contribution is 6.45. The van der Waals surface area contributed by atoms with Gasteiger partial charge in [0.05, 0.1) is 40.2 Å². The Hall–Kier alpha value is -5.33. The van der Waals surface area contributed by atoms with Gasteiger partial charge in [-0.05, 0) is 13.0 Å². The van der Waals surface area contributed by atoms with Gasteiger partial charge in [0.15, 0.2) is 5.82 Å². The maximum Gasteiger partial charge on any atom is 0.295 e. The van der Waals surface area contributed by atoms with E-state index in [0.717, 1.165) is 23.1 Å². The average molecular weight is 556 g/mol. The molecule has 6 rings (SSSR count). The summed E-state index contributed by atoms with van der Waals surface area (Å²) in [6.45, 7) is 3.87. The molecule has 1 saturated heterocycles. The number of nitrogens with zero attached hydrogens (tertiary/aromatic N) is 5. The summed E-state index contributed by atoms with van der Waals surface area (Å²) in [7, 11) is 0. The molecule has 2 amide bonds. The number of benzene rings is 1. The number of carbonyl (C=O) groups excluding carboxylic acids is 3. The molecule has 1 aromatic carbocycles. The third kappa shape index (κ3) is 4.71. The van der Waals surface area contributed by atoms with Crippen LogP contribution in [0, 0.1) is 5.82 Å². The van der Waals surface area contributed by atoms with Crippen molar-refractivity contribution >= 4 is 34.2 Å². The van der Waals surface area contributed by atoms with E-state index in [1.54, 1.807) is 13.1 Å². The SMILES string of the molecule is CCNC(=O)c1cc(-c2ncc(F)c3c(C(=O)C(=O)N4CCN(c5cn[nH]c5-c5ccccc5)CC4)c[nH]c23)n[nH]1. The number of aromatic amines is 3. The third-order valence-corrected chi connectivity index (χ3v) is 7.09. The van der Waals surface area contributed by atoms with Gasteiger partial charge in [-0.15, -0.1) is 0 Å². The number of nitrogens with one attached hydrogen (secondary N) is 4. The molecule has 0 atom stereocenters. The van der Waals surface area contributed by atoms with Crippen LogP contribution < -0.4 is 10.2 Å². The number of carbonyl (C=O) groups is 3. The number of piperazine rings is 1. The smallest absolute Gasteiger partial charge is 0.295 e. The summed E-state index contributed by atoms with van der Waals surface area (Å²) >= 11 is 0. The van der Waals surface area contributed by atoms with Crippen molar-refractivity contribution in [3.63, 3.8) is 0 Å². The van der Waals surface area contributed by atoms with Crippen LogP contribution in [-0.2, 0) is 4.79 Å². The number of rotatable bonds is 7. The number of amides is 2. The molecule has 5 heterocycles. The number of H-pyrrole nitrogens is 3. The minimum atomic E-state index is -0.820. The van der Waals surface area contributed by atoms with Crippen LogP contribution in [0.4, 0.5) is 10.1 Å². The lowest BCUT2D eigenvalue weighted by molar-refractivity contribution is -0.126. The van der Waals surface area contributed by atoms with Gasteiger partial charge in [-0.25, -0.2) is 9.37 Å². The minimum absolute atomic E-state index is 0.0551. The van der Waals surface area contributed by atoms with Crippen molar-refractivity contribution in [2.45, 2.75) is 6.92 Å². The molecule has 1 fully saturated rings. The quantitative estimate of drug-likeness (QED) is 0.178. The Morgan fingerprint density at radius 2 is 1.83 bits per heavy atom. The number of anilines is 1. The predicted octanol–water partition coefficient (Wildman–Crippen LogP) is 2.76. The number of fused-ring (bicyclic) bond motifs is 1. The fraction of sp³-hybridized carbons (Fsp3) is 0.214. The second kappa shape index (κ2) is 10.7. The zero-order valence-electron chi connectivity index (χ0n) is 22.1. The van der Waals surface area contributed by atoms with Gasteiger partial charge in [0.1, 0.15) is 17.1 Å². The lowest BCUT2D eigenvalue weighted by atomic mass is 10.1. The van der Waals surface area contributed by atoms with Crippen LogP contribution in [0.1, 0.15) is 27.8 Å². The molecule has 5 aromatic rings. The molecule has 4 N–H and O–H groups in total. The lowest BCUT2D eigenvalue weighted by Crippen LogP contribution is -2.50. The first-order valence-corrected chi connectivity index (χ1v) is 13.1. The molecule has 0 bridgehead atoms. The van der Waals surface area contributed by atoms with Crippen molar-refractivity contribution in [3.05, 3.63) is 72.1 Å². The molecule has 13 heteroatoms. The first-order chi connectivity index (χ1) is 20.0. The Kier molecular flexibility index (Phi) is 6.75. The number of halogens is 1. The summed E-state index contributed by atoms with van der Waals surface area (Å²) in [6, 6.07) is 11.3. The van der Waals surface area contributed by atoms with E-state index >= 15 is 0 Å². The maximum atomic E-state index is 15.0. The number of Topliss-reactive ketones (excluding diaryl/α,β-unsaturated/α-hetero) is 1. The summed E-state index contributed by atoms with van der Waals surface area (Å²) in [6.07, 6.45) is 4.04. The number of pyridine rings is 1. The van der Waals surface area contributed by atoms with Crippen molar-refractivity contribution in [2.75, 3.05) is 37.6 Å². The Bertz CT molecular complexity index is 1750. The Morgan fingerprint density at radius 3 is 2.59 bits per heavy atom. The summed E-state index contributed by atoms with van der Waals surface area (Å²) in [4.78, 5) is 49.3. The van der Waals surface area contributed by atoms with E-state index in [1.807, 2.05) is 30.3 Å². The topological polar surface area (TPSA) is 156 Å². The van der Waals surface area contributed by atoms with E-state index in [4.69, 9.17) is 0 Å². The largest absolute Gasteiger partial charge is 0.365 e. The zero-order chi connectivity index (χ0) is 28.5. The Labute approximate surface area is 233 Å². The summed E-state index contributed by atoms with van der Waals surface area (Å²) in [5, 5.41) is 16.6. The van der Waals surface area contributed by atoms with Crippen molar-refractivity contribution in [1.29, 1.82) is 0 Å². The first kappa shape index (κ1) is 25.9. The number of hydrogen-bond donors (Lipinski definition) is 4. The first-order valence-electron chi connectivity index (χ1n) is 13.1. The molecule has 4 aromatic heterocycles. The van der Waals surface area contributed by atoms with Crippen LogP contribution in [0.5, 0.6) is 0 Å². The highest BCUT2D eigenvalue weighted by Crippen LogP contribution is 2.31. The van der Waals surface area contributed by atoms with E-state index in [0.29, 0.717) is 32.7 Å². The fourth-order valence-electron chi connectivity index (χ4n) is 5.04. The normalized spacial score (nSPS) is 13.5. The van der Waals surface area contributed by atoms with Crippen molar-refractivity contribution in [2.24, 2.45) is 0 Å². The van der Waals surface area contributed by atoms with Crippen LogP contribution in [0.2, 0.25) is 0 Å². The van der Waals surface area contributed by atoms with Gasteiger partial charge in [-0.1, -0.05) is 30.3 Å². The molecule has 0 radical (unpaired) electrons. The minimum Gasteiger partial charge on any atom is -0.365 e.